The lowest BCUT2D eigenvalue weighted by Gasteiger charge is -2.10. The number of benzene rings is 2. The minimum absolute atomic E-state index is 0.186. The smallest absolute Gasteiger partial charge is 0.174 e. The fourth-order valence-corrected chi connectivity index (χ4v) is 4.56. The Balaban J connectivity index is 1.62. The van der Waals surface area contributed by atoms with Crippen LogP contribution < -0.4 is 5.32 Å². The zero-order valence-electron chi connectivity index (χ0n) is 12.4. The Morgan fingerprint density at radius 2 is 2.00 bits per heavy atom. The van der Waals surface area contributed by atoms with Crippen LogP contribution in [-0.2, 0) is 0 Å². The molecule has 5 rings (SSSR count). The van der Waals surface area contributed by atoms with Crippen molar-refractivity contribution in [3.05, 3.63) is 53.7 Å². The maximum absolute atomic E-state index is 11.9. The molecule has 0 radical (unpaired) electrons. The molecular formula is C18H11N3OS2. The molecule has 1 aliphatic rings. The number of carbonyl (C=O) groups excluding carboxylic acids is 1. The highest BCUT2D eigenvalue weighted by atomic mass is 32.2. The molecule has 0 spiro atoms. The van der Waals surface area contributed by atoms with Crippen molar-refractivity contribution in [1.82, 2.24) is 9.97 Å². The molecule has 0 atom stereocenters. The molecule has 0 unspecified atom stereocenters. The van der Waals surface area contributed by atoms with Crippen LogP contribution in [-0.4, -0.2) is 21.5 Å². The van der Waals surface area contributed by atoms with E-state index in [-0.39, 0.29) is 5.78 Å². The lowest BCUT2D eigenvalue weighted by atomic mass is 10.1. The number of anilines is 2. The van der Waals surface area contributed by atoms with Crippen LogP contribution in [0.1, 0.15) is 10.4 Å². The summed E-state index contributed by atoms with van der Waals surface area (Å²) in [6, 6.07) is 12.1. The van der Waals surface area contributed by atoms with Crippen LogP contribution in [0.4, 0.5) is 11.4 Å². The summed E-state index contributed by atoms with van der Waals surface area (Å²) in [6.07, 6.45) is 1.77. The van der Waals surface area contributed by atoms with E-state index in [1.54, 1.807) is 29.3 Å². The number of fused-ring (bicyclic) bond motifs is 3. The minimum Gasteiger partial charge on any atom is -0.355 e. The van der Waals surface area contributed by atoms with E-state index >= 15 is 0 Å². The van der Waals surface area contributed by atoms with Gasteiger partial charge in [0.05, 0.1) is 27.0 Å². The van der Waals surface area contributed by atoms with Gasteiger partial charge in [-0.25, -0.2) is 4.98 Å². The number of hydrogen-bond acceptors (Lipinski definition) is 6. The van der Waals surface area contributed by atoms with Gasteiger partial charge in [0.2, 0.25) is 0 Å². The predicted molar refractivity (Wildman–Crippen MR) is 99.7 cm³/mol. The van der Waals surface area contributed by atoms with E-state index in [2.05, 4.69) is 33.5 Å². The summed E-state index contributed by atoms with van der Waals surface area (Å²) in [5.41, 5.74) is 6.45. The van der Waals surface area contributed by atoms with Crippen molar-refractivity contribution in [2.75, 3.05) is 11.1 Å². The molecule has 2 aromatic carbocycles. The van der Waals surface area contributed by atoms with Crippen molar-refractivity contribution < 1.29 is 4.79 Å². The Morgan fingerprint density at radius 3 is 2.96 bits per heavy atom. The first-order valence-electron chi connectivity index (χ1n) is 7.47. The number of rotatable bonds is 2. The monoisotopic (exact) mass is 349 g/mol. The lowest BCUT2D eigenvalue weighted by molar-refractivity contribution is 0.102. The SMILES string of the molecule is O=C1CSc2cc3c(Nc4ccc5scnc5c4)ccnc3cc21. The van der Waals surface area contributed by atoms with Gasteiger partial charge in [-0.1, -0.05) is 0 Å². The molecule has 4 nitrogen and oxygen atoms in total. The van der Waals surface area contributed by atoms with E-state index in [0.29, 0.717) is 5.75 Å². The molecule has 1 N–H and O–H groups in total. The summed E-state index contributed by atoms with van der Waals surface area (Å²) in [5, 5.41) is 4.49. The third-order valence-corrected chi connectivity index (χ3v) is 5.98. The van der Waals surface area contributed by atoms with Gasteiger partial charge < -0.3 is 5.32 Å². The van der Waals surface area contributed by atoms with Gasteiger partial charge in [-0.15, -0.1) is 23.1 Å². The Kier molecular flexibility index (Phi) is 3.08. The number of Topliss-reactive ketones (excluding diaryl/α,β-unsaturated/α-hetero) is 1. The average Bonchev–Trinajstić information content (AvgIpc) is 3.20. The van der Waals surface area contributed by atoms with Crippen molar-refractivity contribution in [1.29, 1.82) is 0 Å². The second-order valence-corrected chi connectivity index (χ2v) is 7.50. The van der Waals surface area contributed by atoms with Crippen LogP contribution in [0.2, 0.25) is 0 Å². The van der Waals surface area contributed by atoms with Gasteiger partial charge in [0.1, 0.15) is 0 Å². The first-order valence-corrected chi connectivity index (χ1v) is 9.33. The van der Waals surface area contributed by atoms with Crippen LogP contribution in [0.25, 0.3) is 21.1 Å². The van der Waals surface area contributed by atoms with Crippen molar-refractivity contribution >= 4 is 61.4 Å². The number of aromatic nitrogens is 2. The Hall–Kier alpha value is -2.44. The summed E-state index contributed by atoms with van der Waals surface area (Å²) in [4.78, 5) is 21.7. The maximum Gasteiger partial charge on any atom is 0.174 e. The molecule has 4 aromatic rings. The molecule has 24 heavy (non-hydrogen) atoms. The molecule has 6 heteroatoms. The van der Waals surface area contributed by atoms with Gasteiger partial charge >= 0.3 is 0 Å². The second-order valence-electron chi connectivity index (χ2n) is 5.60. The van der Waals surface area contributed by atoms with E-state index in [1.807, 2.05) is 23.7 Å². The molecule has 0 fully saturated rings. The number of thiazole rings is 1. The molecule has 116 valence electrons. The molecular weight excluding hydrogens is 338 g/mol. The number of thioether (sulfide) groups is 1. The van der Waals surface area contributed by atoms with Gasteiger partial charge in [0, 0.05) is 33.4 Å². The van der Waals surface area contributed by atoms with Crippen LogP contribution >= 0.6 is 23.1 Å². The first-order chi connectivity index (χ1) is 11.8. The highest BCUT2D eigenvalue weighted by Crippen LogP contribution is 2.37. The van der Waals surface area contributed by atoms with Crippen LogP contribution in [0.15, 0.2) is 53.0 Å². The molecule has 1 aliphatic heterocycles. The van der Waals surface area contributed by atoms with Crippen molar-refractivity contribution in [3.63, 3.8) is 0 Å². The van der Waals surface area contributed by atoms with Gasteiger partial charge in [-0.2, -0.15) is 0 Å². The lowest BCUT2D eigenvalue weighted by Crippen LogP contribution is -1.97. The average molecular weight is 349 g/mol. The number of pyridine rings is 1. The standard InChI is InChI=1S/C18H11N3OS2/c22-16-8-23-18-7-11-13(3-4-19-14(11)6-12(16)18)21-10-1-2-17-15(5-10)20-9-24-17/h1-7,9H,8H2,(H,19,21). The highest BCUT2D eigenvalue weighted by molar-refractivity contribution is 8.00. The minimum atomic E-state index is 0.186. The third kappa shape index (κ3) is 2.18. The van der Waals surface area contributed by atoms with Gasteiger partial charge in [-0.3, -0.25) is 9.78 Å². The quantitative estimate of drug-likeness (QED) is 0.559. The van der Waals surface area contributed by atoms with Gasteiger partial charge in [-0.05, 0) is 36.4 Å². The molecule has 0 saturated carbocycles. The number of nitrogens with one attached hydrogen (secondary N) is 1. The van der Waals surface area contributed by atoms with Gasteiger partial charge in [0.25, 0.3) is 0 Å². The molecule has 0 saturated heterocycles. The third-order valence-electron chi connectivity index (χ3n) is 4.11. The zero-order valence-corrected chi connectivity index (χ0v) is 14.1. The van der Waals surface area contributed by atoms with E-state index < -0.39 is 0 Å². The number of ketones is 1. The number of hydrogen-bond donors (Lipinski definition) is 1. The molecule has 0 bridgehead atoms. The Labute approximate surface area is 145 Å². The number of nitrogens with zero attached hydrogens (tertiary/aromatic N) is 2. The van der Waals surface area contributed by atoms with Crippen molar-refractivity contribution in [3.8, 4) is 0 Å². The normalized spacial score (nSPS) is 13.6. The molecule has 3 heterocycles. The van der Waals surface area contributed by atoms with Crippen LogP contribution in [0.5, 0.6) is 0 Å². The van der Waals surface area contributed by atoms with E-state index in [9.17, 15) is 4.79 Å². The fourth-order valence-electron chi connectivity index (χ4n) is 2.93. The van der Waals surface area contributed by atoms with E-state index in [0.717, 1.165) is 38.3 Å². The van der Waals surface area contributed by atoms with Crippen LogP contribution in [0.3, 0.4) is 0 Å². The summed E-state index contributed by atoms with van der Waals surface area (Å²) in [6.45, 7) is 0. The van der Waals surface area contributed by atoms with Crippen LogP contribution in [0, 0.1) is 0 Å². The summed E-state index contributed by atoms with van der Waals surface area (Å²) in [5.74, 6) is 0.709. The van der Waals surface area contributed by atoms with Gasteiger partial charge in [0.15, 0.2) is 5.78 Å². The second kappa shape index (κ2) is 5.29. The Morgan fingerprint density at radius 1 is 1.04 bits per heavy atom. The predicted octanol–water partition coefficient (Wildman–Crippen LogP) is 4.88. The maximum atomic E-state index is 11.9. The van der Waals surface area contributed by atoms with E-state index in [1.165, 1.54) is 4.70 Å². The topological polar surface area (TPSA) is 54.9 Å². The molecule has 0 amide bonds. The fraction of sp³-hybridized carbons (Fsp3) is 0.0556. The van der Waals surface area contributed by atoms with Crippen molar-refractivity contribution in [2.24, 2.45) is 0 Å². The molecule has 2 aromatic heterocycles. The van der Waals surface area contributed by atoms with Crippen molar-refractivity contribution in [2.45, 2.75) is 4.90 Å². The summed E-state index contributed by atoms with van der Waals surface area (Å²) < 4.78 is 1.17. The first kappa shape index (κ1) is 13.9. The summed E-state index contributed by atoms with van der Waals surface area (Å²) >= 11 is 3.23. The summed E-state index contributed by atoms with van der Waals surface area (Å²) in [7, 11) is 0. The van der Waals surface area contributed by atoms with E-state index in [4.69, 9.17) is 0 Å². The zero-order chi connectivity index (χ0) is 16.1. The molecule has 0 aliphatic carbocycles. The number of carbonyl (C=O) groups is 1. The Bertz CT molecular complexity index is 1120. The largest absolute Gasteiger partial charge is 0.355 e. The highest BCUT2D eigenvalue weighted by Gasteiger charge is 2.21.